The summed E-state index contributed by atoms with van der Waals surface area (Å²) >= 11 is 0. The minimum Gasteiger partial charge on any atom is -0.323 e. The van der Waals surface area contributed by atoms with E-state index in [1.165, 1.54) is 11.1 Å². The molecule has 0 spiro atoms. The summed E-state index contributed by atoms with van der Waals surface area (Å²) in [6, 6.07) is 8.29. The van der Waals surface area contributed by atoms with Gasteiger partial charge in [-0.1, -0.05) is 38.1 Å². The summed E-state index contributed by atoms with van der Waals surface area (Å²) in [5, 5.41) is 0.121. The van der Waals surface area contributed by atoms with Crippen LogP contribution in [0.2, 0.25) is 0 Å². The summed E-state index contributed by atoms with van der Waals surface area (Å²) in [5.41, 5.74) is 8.92. The molecule has 0 fully saturated rings. The van der Waals surface area contributed by atoms with E-state index in [0.29, 0.717) is 5.92 Å². The van der Waals surface area contributed by atoms with Crippen LogP contribution < -0.4 is 5.73 Å². The summed E-state index contributed by atoms with van der Waals surface area (Å²) in [7, 11) is -0.810. The Bertz CT molecular complexity index is 430. The molecule has 3 unspecified atom stereocenters. The van der Waals surface area contributed by atoms with Crippen molar-refractivity contribution < 1.29 is 4.21 Å². The fraction of sp³-hybridized carbons (Fsp3) is 0.600. The summed E-state index contributed by atoms with van der Waals surface area (Å²) in [5.74, 6) is 1.23. The first-order chi connectivity index (χ1) is 8.59. The quantitative estimate of drug-likeness (QED) is 0.854. The molecule has 0 amide bonds. The molecular formula is C15H23NOS. The SMILES string of the molecule is CC(C)CS(=O)C1CCCc2ccccc2C1N. The highest BCUT2D eigenvalue weighted by Crippen LogP contribution is 2.30. The maximum Gasteiger partial charge on any atom is 0.0541 e. The Morgan fingerprint density at radius 1 is 1.39 bits per heavy atom. The van der Waals surface area contributed by atoms with E-state index in [2.05, 4.69) is 32.0 Å². The van der Waals surface area contributed by atoms with Gasteiger partial charge >= 0.3 is 0 Å². The van der Waals surface area contributed by atoms with Gasteiger partial charge in [-0.05, 0) is 36.3 Å². The van der Waals surface area contributed by atoms with Crippen LogP contribution in [0.5, 0.6) is 0 Å². The minimum absolute atomic E-state index is 0.0664. The van der Waals surface area contributed by atoms with E-state index < -0.39 is 10.8 Å². The molecule has 1 aromatic rings. The minimum atomic E-state index is -0.810. The zero-order valence-electron chi connectivity index (χ0n) is 11.3. The van der Waals surface area contributed by atoms with Gasteiger partial charge in [-0.15, -0.1) is 0 Å². The smallest absolute Gasteiger partial charge is 0.0541 e. The number of fused-ring (bicyclic) bond motifs is 1. The third kappa shape index (κ3) is 3.01. The van der Waals surface area contributed by atoms with E-state index in [4.69, 9.17) is 5.73 Å². The highest BCUT2D eigenvalue weighted by atomic mass is 32.2. The molecule has 0 saturated heterocycles. The fourth-order valence-electron chi connectivity index (χ4n) is 2.71. The average molecular weight is 265 g/mol. The number of aryl methyl sites for hydroxylation is 1. The van der Waals surface area contributed by atoms with Gasteiger partial charge in [-0.25, -0.2) is 0 Å². The summed E-state index contributed by atoms with van der Waals surface area (Å²) in [4.78, 5) is 0. The summed E-state index contributed by atoms with van der Waals surface area (Å²) in [6.45, 7) is 4.24. The Labute approximate surface area is 112 Å². The van der Waals surface area contributed by atoms with Crippen LogP contribution in [0.25, 0.3) is 0 Å². The summed E-state index contributed by atoms with van der Waals surface area (Å²) in [6.07, 6.45) is 3.15. The third-order valence-corrected chi connectivity index (χ3v) is 5.78. The van der Waals surface area contributed by atoms with Crippen molar-refractivity contribution in [3.05, 3.63) is 35.4 Å². The highest BCUT2D eigenvalue weighted by molar-refractivity contribution is 7.85. The van der Waals surface area contributed by atoms with E-state index in [1.807, 2.05) is 6.07 Å². The normalized spacial score (nSPS) is 25.6. The molecule has 18 heavy (non-hydrogen) atoms. The first-order valence-electron chi connectivity index (χ1n) is 6.80. The van der Waals surface area contributed by atoms with Crippen LogP contribution in [0.1, 0.15) is 43.9 Å². The lowest BCUT2D eigenvalue weighted by Gasteiger charge is -2.23. The number of rotatable bonds is 3. The molecule has 3 heteroatoms. The highest BCUT2D eigenvalue weighted by Gasteiger charge is 2.29. The van der Waals surface area contributed by atoms with Crippen molar-refractivity contribution in [2.75, 3.05) is 5.75 Å². The molecule has 1 aromatic carbocycles. The summed E-state index contributed by atoms with van der Waals surface area (Å²) < 4.78 is 12.4. The molecule has 100 valence electrons. The molecule has 0 heterocycles. The Morgan fingerprint density at radius 3 is 2.83 bits per heavy atom. The molecular weight excluding hydrogens is 242 g/mol. The van der Waals surface area contributed by atoms with Gasteiger partial charge in [0.2, 0.25) is 0 Å². The lowest BCUT2D eigenvalue weighted by atomic mass is 10.00. The van der Waals surface area contributed by atoms with Crippen molar-refractivity contribution in [1.29, 1.82) is 0 Å². The van der Waals surface area contributed by atoms with Gasteiger partial charge in [0.05, 0.1) is 5.25 Å². The number of hydrogen-bond acceptors (Lipinski definition) is 2. The first kappa shape index (κ1) is 13.8. The Balaban J connectivity index is 2.22. The van der Waals surface area contributed by atoms with Crippen LogP contribution in [0, 0.1) is 5.92 Å². The Hall–Kier alpha value is -0.670. The van der Waals surface area contributed by atoms with Crippen LogP contribution in [0.3, 0.4) is 0 Å². The van der Waals surface area contributed by atoms with Crippen molar-refractivity contribution in [2.45, 2.75) is 44.4 Å². The van der Waals surface area contributed by atoms with Crippen LogP contribution >= 0.6 is 0 Å². The van der Waals surface area contributed by atoms with Gasteiger partial charge in [0.25, 0.3) is 0 Å². The second-order valence-corrected chi connectivity index (χ2v) is 7.30. The lowest BCUT2D eigenvalue weighted by Crippen LogP contribution is -2.32. The fourth-order valence-corrected chi connectivity index (χ4v) is 4.52. The zero-order chi connectivity index (χ0) is 13.1. The van der Waals surface area contributed by atoms with Gasteiger partial charge in [0.1, 0.15) is 0 Å². The molecule has 2 nitrogen and oxygen atoms in total. The van der Waals surface area contributed by atoms with Crippen LogP contribution in [-0.4, -0.2) is 15.2 Å². The van der Waals surface area contributed by atoms with Crippen molar-refractivity contribution in [1.82, 2.24) is 0 Å². The maximum absolute atomic E-state index is 12.4. The molecule has 0 bridgehead atoms. The predicted molar refractivity (Wildman–Crippen MR) is 77.9 cm³/mol. The monoisotopic (exact) mass is 265 g/mol. The van der Waals surface area contributed by atoms with E-state index >= 15 is 0 Å². The maximum atomic E-state index is 12.4. The Kier molecular flexibility index (Phi) is 4.57. The van der Waals surface area contributed by atoms with Gasteiger partial charge in [-0.2, -0.15) is 0 Å². The van der Waals surface area contributed by atoms with Gasteiger partial charge in [0, 0.05) is 22.6 Å². The molecule has 3 atom stereocenters. The van der Waals surface area contributed by atoms with Gasteiger partial charge in [-0.3, -0.25) is 4.21 Å². The third-order valence-electron chi connectivity index (χ3n) is 3.58. The van der Waals surface area contributed by atoms with Crippen LogP contribution in [-0.2, 0) is 17.2 Å². The standard InChI is InChI=1S/C15H23NOS/c1-11(2)10-18(17)14-9-5-7-12-6-3-4-8-13(12)15(14)16/h3-4,6,8,11,14-15H,5,7,9-10,16H2,1-2H3. The van der Waals surface area contributed by atoms with Gasteiger partial charge < -0.3 is 5.73 Å². The van der Waals surface area contributed by atoms with Crippen LogP contribution in [0.15, 0.2) is 24.3 Å². The molecule has 2 N–H and O–H groups in total. The van der Waals surface area contributed by atoms with Crippen molar-refractivity contribution in [3.8, 4) is 0 Å². The molecule has 0 aromatic heterocycles. The molecule has 1 aliphatic rings. The van der Waals surface area contributed by atoms with Crippen molar-refractivity contribution in [2.24, 2.45) is 11.7 Å². The second kappa shape index (κ2) is 5.98. The molecule has 1 aliphatic carbocycles. The molecule has 0 radical (unpaired) electrons. The zero-order valence-corrected chi connectivity index (χ0v) is 12.1. The van der Waals surface area contributed by atoms with E-state index in [-0.39, 0.29) is 11.3 Å². The lowest BCUT2D eigenvalue weighted by molar-refractivity contribution is 0.589. The van der Waals surface area contributed by atoms with E-state index in [9.17, 15) is 4.21 Å². The largest absolute Gasteiger partial charge is 0.323 e. The number of nitrogens with two attached hydrogens (primary N) is 1. The van der Waals surface area contributed by atoms with E-state index in [0.717, 1.165) is 25.0 Å². The van der Waals surface area contributed by atoms with Crippen molar-refractivity contribution in [3.63, 3.8) is 0 Å². The molecule has 0 saturated carbocycles. The topological polar surface area (TPSA) is 43.1 Å². The number of benzene rings is 1. The first-order valence-corrected chi connectivity index (χ1v) is 8.18. The Morgan fingerprint density at radius 2 is 2.11 bits per heavy atom. The molecule has 2 rings (SSSR count). The number of hydrogen-bond donors (Lipinski definition) is 1. The van der Waals surface area contributed by atoms with Gasteiger partial charge in [0.15, 0.2) is 0 Å². The second-order valence-electron chi connectivity index (χ2n) is 5.60. The predicted octanol–water partition coefficient (Wildman–Crippen LogP) is 2.80. The average Bonchev–Trinajstić information content (AvgIpc) is 2.49. The molecule has 0 aliphatic heterocycles. The van der Waals surface area contributed by atoms with Crippen LogP contribution in [0.4, 0.5) is 0 Å². The van der Waals surface area contributed by atoms with E-state index in [1.54, 1.807) is 0 Å². The van der Waals surface area contributed by atoms with Crippen molar-refractivity contribution >= 4 is 10.8 Å².